The van der Waals surface area contributed by atoms with E-state index in [2.05, 4.69) is 15.9 Å². The minimum absolute atomic E-state index is 0. The number of aliphatic hydroxyl groups excluding tert-OH is 1. The molecule has 3 N–H and O–H groups in total. The van der Waals surface area contributed by atoms with Gasteiger partial charge in [0.05, 0.1) is 16.6 Å². The minimum Gasteiger partial charge on any atom is -0.391 e. The topological polar surface area (TPSA) is 46.2 Å². The van der Waals surface area contributed by atoms with Crippen LogP contribution in [0.3, 0.4) is 0 Å². The first-order valence-electron chi connectivity index (χ1n) is 4.45. The number of hydrogen-bond acceptors (Lipinski definition) is 2. The van der Waals surface area contributed by atoms with E-state index < -0.39 is 18.0 Å². The van der Waals surface area contributed by atoms with Crippen LogP contribution in [-0.2, 0) is 0 Å². The molecule has 0 unspecified atom stereocenters. The van der Waals surface area contributed by atoms with Gasteiger partial charge in [0.1, 0.15) is 5.82 Å². The van der Waals surface area contributed by atoms with Crippen molar-refractivity contribution in [2.24, 2.45) is 5.73 Å². The van der Waals surface area contributed by atoms with Crippen LogP contribution in [0.15, 0.2) is 22.7 Å². The smallest absolute Gasteiger partial charge is 0.142 e. The highest BCUT2D eigenvalue weighted by atomic mass is 79.9. The summed E-state index contributed by atoms with van der Waals surface area (Å²) in [5.74, 6) is -0.396. The Hall–Kier alpha value is -0.160. The van der Waals surface area contributed by atoms with Crippen molar-refractivity contribution in [3.05, 3.63) is 34.1 Å². The molecule has 1 rings (SSSR count). The number of hydrogen-bond donors (Lipinski definition) is 2. The summed E-state index contributed by atoms with van der Waals surface area (Å²) < 4.78 is 13.9. The van der Waals surface area contributed by atoms with Crippen molar-refractivity contribution >= 4 is 28.3 Å². The second-order valence-corrected chi connectivity index (χ2v) is 4.00. The first-order chi connectivity index (χ1) is 6.57. The molecule has 86 valence electrons. The standard InChI is InChI=1S/C10H13BrFNO.ClH/c1-2-8(14)10(13)6-4-3-5-7(11)9(6)12;/h3-5,8,10,14H,2,13H2,1H3;1H/t8-,10+;/m0./s1. The van der Waals surface area contributed by atoms with Crippen LogP contribution in [0.1, 0.15) is 24.9 Å². The molecule has 0 fully saturated rings. The number of halogens is 3. The van der Waals surface area contributed by atoms with E-state index in [1.54, 1.807) is 25.1 Å². The maximum absolute atomic E-state index is 13.5. The van der Waals surface area contributed by atoms with E-state index in [1.807, 2.05) is 0 Å². The Kier molecular flexibility index (Phi) is 6.36. The summed E-state index contributed by atoms with van der Waals surface area (Å²) in [7, 11) is 0. The summed E-state index contributed by atoms with van der Waals surface area (Å²) in [6.07, 6.45) is -0.202. The lowest BCUT2D eigenvalue weighted by atomic mass is 10.0. The van der Waals surface area contributed by atoms with Crippen LogP contribution in [0.4, 0.5) is 4.39 Å². The molecule has 0 aliphatic rings. The van der Waals surface area contributed by atoms with Crippen molar-refractivity contribution in [3.8, 4) is 0 Å². The van der Waals surface area contributed by atoms with Gasteiger partial charge in [0.2, 0.25) is 0 Å². The fourth-order valence-electron chi connectivity index (χ4n) is 1.24. The van der Waals surface area contributed by atoms with Crippen molar-refractivity contribution in [2.75, 3.05) is 0 Å². The molecule has 0 radical (unpaired) electrons. The van der Waals surface area contributed by atoms with Crippen LogP contribution in [0, 0.1) is 5.82 Å². The molecule has 0 aromatic heterocycles. The molecule has 0 heterocycles. The lowest BCUT2D eigenvalue weighted by Gasteiger charge is -2.18. The molecule has 0 aliphatic heterocycles. The van der Waals surface area contributed by atoms with E-state index in [0.29, 0.717) is 16.5 Å². The maximum Gasteiger partial charge on any atom is 0.142 e. The lowest BCUT2D eigenvalue weighted by Crippen LogP contribution is -2.26. The Labute approximate surface area is 103 Å². The molecule has 2 atom stereocenters. The molecule has 0 saturated heterocycles. The van der Waals surface area contributed by atoms with Crippen molar-refractivity contribution in [1.29, 1.82) is 0 Å². The highest BCUT2D eigenvalue weighted by molar-refractivity contribution is 9.10. The van der Waals surface area contributed by atoms with E-state index in [-0.39, 0.29) is 12.4 Å². The van der Waals surface area contributed by atoms with E-state index in [4.69, 9.17) is 5.73 Å². The molecule has 0 aliphatic carbocycles. The highest BCUT2D eigenvalue weighted by Gasteiger charge is 2.19. The van der Waals surface area contributed by atoms with Gasteiger partial charge < -0.3 is 10.8 Å². The lowest BCUT2D eigenvalue weighted by molar-refractivity contribution is 0.139. The predicted molar refractivity (Wildman–Crippen MR) is 64.6 cm³/mol. The number of aliphatic hydroxyl groups is 1. The average Bonchev–Trinajstić information content (AvgIpc) is 2.20. The monoisotopic (exact) mass is 297 g/mol. The predicted octanol–water partition coefficient (Wildman–Crippen LogP) is 2.78. The maximum atomic E-state index is 13.5. The molecule has 0 saturated carbocycles. The van der Waals surface area contributed by atoms with Gasteiger partial charge in [-0.05, 0) is 28.4 Å². The van der Waals surface area contributed by atoms with Gasteiger partial charge >= 0.3 is 0 Å². The number of nitrogens with two attached hydrogens (primary N) is 1. The zero-order valence-electron chi connectivity index (χ0n) is 8.28. The Bertz CT molecular complexity index is 324. The molecule has 1 aromatic rings. The fraction of sp³-hybridized carbons (Fsp3) is 0.400. The average molecular weight is 299 g/mol. The van der Waals surface area contributed by atoms with Crippen molar-refractivity contribution < 1.29 is 9.50 Å². The summed E-state index contributed by atoms with van der Waals surface area (Å²) >= 11 is 3.07. The SMILES string of the molecule is CC[C@H](O)[C@H](N)c1cccc(Br)c1F.Cl. The minimum atomic E-state index is -0.709. The van der Waals surface area contributed by atoms with Crippen molar-refractivity contribution in [3.63, 3.8) is 0 Å². The van der Waals surface area contributed by atoms with Crippen LogP contribution >= 0.6 is 28.3 Å². The molecule has 0 amide bonds. The molecular weight excluding hydrogens is 284 g/mol. The van der Waals surface area contributed by atoms with E-state index in [1.165, 1.54) is 0 Å². The Morgan fingerprint density at radius 1 is 1.53 bits per heavy atom. The zero-order chi connectivity index (χ0) is 10.7. The van der Waals surface area contributed by atoms with Gasteiger partial charge in [-0.2, -0.15) is 0 Å². The molecule has 2 nitrogen and oxygen atoms in total. The van der Waals surface area contributed by atoms with Crippen molar-refractivity contribution in [1.82, 2.24) is 0 Å². The number of benzene rings is 1. The molecule has 0 spiro atoms. The van der Waals surface area contributed by atoms with Gasteiger partial charge in [0.15, 0.2) is 0 Å². The third-order valence-corrected chi connectivity index (χ3v) is 2.79. The molecule has 5 heteroatoms. The van der Waals surface area contributed by atoms with Crippen molar-refractivity contribution in [2.45, 2.75) is 25.5 Å². The summed E-state index contributed by atoms with van der Waals surface area (Å²) in [5.41, 5.74) is 6.05. The second-order valence-electron chi connectivity index (χ2n) is 3.14. The third-order valence-electron chi connectivity index (χ3n) is 2.17. The Balaban J connectivity index is 0.00000196. The van der Waals surface area contributed by atoms with Gasteiger partial charge in [-0.15, -0.1) is 12.4 Å². The summed E-state index contributed by atoms with van der Waals surface area (Å²) in [5, 5.41) is 9.49. The molecule has 15 heavy (non-hydrogen) atoms. The van der Waals surface area contributed by atoms with Gasteiger partial charge in [-0.3, -0.25) is 0 Å². The molecule has 0 bridgehead atoms. The van der Waals surface area contributed by atoms with Crippen LogP contribution < -0.4 is 5.73 Å². The van der Waals surface area contributed by atoms with Gasteiger partial charge in [-0.25, -0.2) is 4.39 Å². The van der Waals surface area contributed by atoms with E-state index in [0.717, 1.165) is 0 Å². The highest BCUT2D eigenvalue weighted by Crippen LogP contribution is 2.24. The van der Waals surface area contributed by atoms with Gasteiger partial charge in [-0.1, -0.05) is 19.1 Å². The Morgan fingerprint density at radius 2 is 2.13 bits per heavy atom. The third kappa shape index (κ3) is 3.41. The zero-order valence-corrected chi connectivity index (χ0v) is 10.7. The largest absolute Gasteiger partial charge is 0.391 e. The van der Waals surface area contributed by atoms with Crippen LogP contribution in [-0.4, -0.2) is 11.2 Å². The van der Waals surface area contributed by atoms with E-state index in [9.17, 15) is 9.50 Å². The second kappa shape index (κ2) is 6.43. The fourth-order valence-corrected chi connectivity index (χ4v) is 1.62. The number of rotatable bonds is 3. The normalized spacial score (nSPS) is 14.2. The Morgan fingerprint density at radius 3 is 2.67 bits per heavy atom. The summed E-state index contributed by atoms with van der Waals surface area (Å²) in [4.78, 5) is 0. The van der Waals surface area contributed by atoms with Gasteiger partial charge in [0.25, 0.3) is 0 Å². The quantitative estimate of drug-likeness (QED) is 0.901. The first kappa shape index (κ1) is 14.8. The van der Waals surface area contributed by atoms with Gasteiger partial charge in [0, 0.05) is 5.56 Å². The van der Waals surface area contributed by atoms with Crippen LogP contribution in [0.5, 0.6) is 0 Å². The molecule has 1 aromatic carbocycles. The first-order valence-corrected chi connectivity index (χ1v) is 5.24. The molecular formula is C10H14BrClFNO. The summed E-state index contributed by atoms with van der Waals surface area (Å²) in [6, 6.07) is 4.22. The van der Waals surface area contributed by atoms with Crippen LogP contribution in [0.2, 0.25) is 0 Å². The van der Waals surface area contributed by atoms with Crippen LogP contribution in [0.25, 0.3) is 0 Å². The van der Waals surface area contributed by atoms with E-state index >= 15 is 0 Å². The summed E-state index contributed by atoms with van der Waals surface area (Å²) in [6.45, 7) is 1.81.